The molecule has 0 aliphatic heterocycles. The van der Waals surface area contributed by atoms with Gasteiger partial charge in [0.15, 0.2) is 0 Å². The molecule has 0 radical (unpaired) electrons. The number of aliphatic hydroxyl groups is 1. The first kappa shape index (κ1) is 14.7. The van der Waals surface area contributed by atoms with Gasteiger partial charge in [-0.15, -0.1) is 0 Å². The molecule has 3 heteroatoms. The molecule has 2 atom stereocenters. The van der Waals surface area contributed by atoms with E-state index in [1.54, 1.807) is 0 Å². The lowest BCUT2D eigenvalue weighted by atomic mass is 10.0. The van der Waals surface area contributed by atoms with Crippen LogP contribution in [0.3, 0.4) is 0 Å². The molecule has 0 saturated heterocycles. The van der Waals surface area contributed by atoms with Gasteiger partial charge in [0, 0.05) is 12.5 Å². The van der Waals surface area contributed by atoms with Gasteiger partial charge >= 0.3 is 0 Å². The fourth-order valence-electron chi connectivity index (χ4n) is 1.91. The lowest BCUT2D eigenvalue weighted by Crippen LogP contribution is -2.34. The largest absolute Gasteiger partial charge is 0.388 e. The minimum absolute atomic E-state index is 0.0218. The van der Waals surface area contributed by atoms with Crippen molar-refractivity contribution in [3.8, 4) is 0 Å². The molecule has 100 valence electrons. The number of rotatable bonds is 6. The highest BCUT2D eigenvalue weighted by Gasteiger charge is 2.14. The summed E-state index contributed by atoms with van der Waals surface area (Å²) in [5.74, 6) is 0.411. The van der Waals surface area contributed by atoms with Gasteiger partial charge in [0.1, 0.15) is 0 Å². The van der Waals surface area contributed by atoms with E-state index in [0.717, 1.165) is 5.56 Å². The molecule has 0 heterocycles. The smallest absolute Gasteiger partial charge is 0.220 e. The fourth-order valence-corrected chi connectivity index (χ4v) is 1.91. The Hall–Kier alpha value is -1.35. The van der Waals surface area contributed by atoms with Crippen molar-refractivity contribution in [2.75, 3.05) is 0 Å². The number of carbonyl (C=O) groups is 1. The van der Waals surface area contributed by atoms with Gasteiger partial charge in [-0.2, -0.15) is 0 Å². The van der Waals surface area contributed by atoms with Gasteiger partial charge in [-0.3, -0.25) is 4.79 Å². The average molecular weight is 249 g/mol. The molecule has 2 unspecified atom stereocenters. The minimum Gasteiger partial charge on any atom is -0.388 e. The van der Waals surface area contributed by atoms with Crippen LogP contribution in [0, 0.1) is 5.92 Å². The van der Waals surface area contributed by atoms with Crippen LogP contribution < -0.4 is 5.32 Å². The van der Waals surface area contributed by atoms with Crippen molar-refractivity contribution in [2.45, 2.75) is 45.8 Å². The molecule has 1 aromatic carbocycles. The predicted molar refractivity (Wildman–Crippen MR) is 73.1 cm³/mol. The van der Waals surface area contributed by atoms with Crippen molar-refractivity contribution >= 4 is 5.91 Å². The molecule has 0 aliphatic rings. The second kappa shape index (κ2) is 7.17. The molecule has 1 aromatic rings. The molecular weight excluding hydrogens is 226 g/mol. The lowest BCUT2D eigenvalue weighted by Gasteiger charge is -2.18. The van der Waals surface area contributed by atoms with E-state index in [2.05, 4.69) is 5.32 Å². The Morgan fingerprint density at radius 3 is 2.39 bits per heavy atom. The SMILES string of the molecule is CC(C)CC(=O)NC(C)CC(O)c1ccccc1. The van der Waals surface area contributed by atoms with Crippen molar-refractivity contribution in [3.05, 3.63) is 35.9 Å². The highest BCUT2D eigenvalue weighted by Crippen LogP contribution is 2.17. The summed E-state index contributed by atoms with van der Waals surface area (Å²) in [6.07, 6.45) is 0.542. The second-order valence-corrected chi connectivity index (χ2v) is 5.23. The summed E-state index contributed by atoms with van der Waals surface area (Å²) in [6.45, 7) is 5.95. The molecule has 0 aromatic heterocycles. The molecule has 18 heavy (non-hydrogen) atoms. The van der Waals surface area contributed by atoms with Gasteiger partial charge in [-0.05, 0) is 24.8 Å². The van der Waals surface area contributed by atoms with E-state index in [-0.39, 0.29) is 11.9 Å². The van der Waals surface area contributed by atoms with Gasteiger partial charge in [0.2, 0.25) is 5.91 Å². The number of carbonyl (C=O) groups excluding carboxylic acids is 1. The maximum Gasteiger partial charge on any atom is 0.220 e. The Labute approximate surface area is 109 Å². The zero-order valence-electron chi connectivity index (χ0n) is 11.4. The third-order valence-electron chi connectivity index (χ3n) is 2.76. The molecule has 3 nitrogen and oxygen atoms in total. The van der Waals surface area contributed by atoms with Crippen LogP contribution in [0.2, 0.25) is 0 Å². The summed E-state index contributed by atoms with van der Waals surface area (Å²) in [5.41, 5.74) is 0.891. The Morgan fingerprint density at radius 1 is 1.22 bits per heavy atom. The Kier molecular flexibility index (Phi) is 5.86. The predicted octanol–water partition coefficient (Wildman–Crippen LogP) is 2.66. The zero-order chi connectivity index (χ0) is 13.5. The van der Waals surface area contributed by atoms with E-state index in [9.17, 15) is 9.90 Å². The second-order valence-electron chi connectivity index (χ2n) is 5.23. The topological polar surface area (TPSA) is 49.3 Å². The molecule has 0 fully saturated rings. The Bertz CT molecular complexity index is 362. The van der Waals surface area contributed by atoms with Crippen LogP contribution in [0.4, 0.5) is 0 Å². The van der Waals surface area contributed by atoms with Crippen molar-refractivity contribution in [1.82, 2.24) is 5.32 Å². The van der Waals surface area contributed by atoms with E-state index in [0.29, 0.717) is 18.8 Å². The van der Waals surface area contributed by atoms with Crippen molar-refractivity contribution in [2.24, 2.45) is 5.92 Å². The Balaban J connectivity index is 2.40. The first-order valence-corrected chi connectivity index (χ1v) is 6.51. The van der Waals surface area contributed by atoms with Crippen LogP contribution >= 0.6 is 0 Å². The number of aliphatic hydroxyl groups excluding tert-OH is 1. The monoisotopic (exact) mass is 249 g/mol. The van der Waals surface area contributed by atoms with Crippen LogP contribution in [0.1, 0.15) is 45.3 Å². The number of nitrogens with one attached hydrogen (secondary N) is 1. The molecule has 1 rings (SSSR count). The molecule has 0 aliphatic carbocycles. The average Bonchev–Trinajstić information content (AvgIpc) is 2.28. The van der Waals surface area contributed by atoms with Crippen LogP contribution in [0.5, 0.6) is 0 Å². The first-order valence-electron chi connectivity index (χ1n) is 6.51. The summed E-state index contributed by atoms with van der Waals surface area (Å²) in [6, 6.07) is 9.50. The van der Waals surface area contributed by atoms with Crippen LogP contribution in [0.15, 0.2) is 30.3 Å². The molecule has 2 N–H and O–H groups in total. The first-order chi connectivity index (χ1) is 8.49. The van der Waals surface area contributed by atoms with Gasteiger partial charge in [-0.1, -0.05) is 44.2 Å². The number of benzene rings is 1. The van der Waals surface area contributed by atoms with Crippen molar-refractivity contribution in [3.63, 3.8) is 0 Å². The van der Waals surface area contributed by atoms with E-state index in [1.165, 1.54) is 0 Å². The maximum absolute atomic E-state index is 11.6. The van der Waals surface area contributed by atoms with E-state index in [4.69, 9.17) is 0 Å². The molecule has 0 spiro atoms. The summed E-state index contributed by atoms with van der Waals surface area (Å²) in [4.78, 5) is 11.6. The van der Waals surface area contributed by atoms with Gasteiger partial charge in [0.25, 0.3) is 0 Å². The molecular formula is C15H23NO2. The van der Waals surface area contributed by atoms with Crippen LogP contribution in [-0.4, -0.2) is 17.1 Å². The highest BCUT2D eigenvalue weighted by atomic mass is 16.3. The standard InChI is InChI=1S/C15H23NO2/c1-11(2)9-15(18)16-12(3)10-14(17)13-7-5-4-6-8-13/h4-8,11-12,14,17H,9-10H2,1-3H3,(H,16,18). The van der Waals surface area contributed by atoms with Gasteiger partial charge in [-0.25, -0.2) is 0 Å². The van der Waals surface area contributed by atoms with Gasteiger partial charge in [0.05, 0.1) is 6.10 Å². The highest BCUT2D eigenvalue weighted by molar-refractivity contribution is 5.76. The maximum atomic E-state index is 11.6. The zero-order valence-corrected chi connectivity index (χ0v) is 11.4. The quantitative estimate of drug-likeness (QED) is 0.814. The van der Waals surface area contributed by atoms with Gasteiger partial charge < -0.3 is 10.4 Å². The minimum atomic E-state index is -0.527. The molecule has 0 bridgehead atoms. The summed E-state index contributed by atoms with van der Waals surface area (Å²) in [5, 5.41) is 12.9. The normalized spacial score (nSPS) is 14.3. The van der Waals surface area contributed by atoms with Crippen molar-refractivity contribution < 1.29 is 9.90 Å². The number of amides is 1. The van der Waals surface area contributed by atoms with E-state index in [1.807, 2.05) is 51.1 Å². The van der Waals surface area contributed by atoms with Crippen molar-refractivity contribution in [1.29, 1.82) is 0 Å². The van der Waals surface area contributed by atoms with Crippen LogP contribution in [0.25, 0.3) is 0 Å². The third kappa shape index (κ3) is 5.32. The van der Waals surface area contributed by atoms with Crippen LogP contribution in [-0.2, 0) is 4.79 Å². The Morgan fingerprint density at radius 2 is 1.83 bits per heavy atom. The number of hydrogen-bond donors (Lipinski definition) is 2. The summed E-state index contributed by atoms with van der Waals surface area (Å²) >= 11 is 0. The summed E-state index contributed by atoms with van der Waals surface area (Å²) < 4.78 is 0. The lowest BCUT2D eigenvalue weighted by molar-refractivity contribution is -0.122. The van der Waals surface area contributed by atoms with E-state index >= 15 is 0 Å². The number of hydrogen-bond acceptors (Lipinski definition) is 2. The third-order valence-corrected chi connectivity index (χ3v) is 2.76. The van der Waals surface area contributed by atoms with E-state index < -0.39 is 6.10 Å². The molecule has 0 saturated carbocycles. The fraction of sp³-hybridized carbons (Fsp3) is 0.533. The molecule has 1 amide bonds. The summed E-state index contributed by atoms with van der Waals surface area (Å²) in [7, 11) is 0.